The third-order valence-electron chi connectivity index (χ3n) is 2.57. The van der Waals surface area contributed by atoms with Crippen molar-refractivity contribution in [1.82, 2.24) is 4.57 Å². The molecule has 0 atom stereocenters. The predicted molar refractivity (Wildman–Crippen MR) is 63.3 cm³/mol. The number of hydrogen-bond donors (Lipinski definition) is 1. The van der Waals surface area contributed by atoms with Crippen molar-refractivity contribution in [2.24, 2.45) is 7.05 Å². The summed E-state index contributed by atoms with van der Waals surface area (Å²) in [5.74, 6) is 0. The van der Waals surface area contributed by atoms with Gasteiger partial charge in [-0.15, -0.1) is 0 Å². The van der Waals surface area contributed by atoms with Gasteiger partial charge in [0.1, 0.15) is 0 Å². The fourth-order valence-corrected chi connectivity index (χ4v) is 1.91. The number of halogens is 1. The number of nitrogens with two attached hydrogens (primary N) is 1. The van der Waals surface area contributed by atoms with Crippen LogP contribution in [0, 0.1) is 6.92 Å². The topological polar surface area (TPSA) is 48.0 Å². The minimum absolute atomic E-state index is 0.0720. The minimum Gasteiger partial charge on any atom is -0.399 e. The molecule has 2 rings (SSSR count). The highest BCUT2D eigenvalue weighted by atomic mass is 35.5. The zero-order valence-corrected chi connectivity index (χ0v) is 9.30. The fourth-order valence-electron chi connectivity index (χ4n) is 1.68. The van der Waals surface area contributed by atoms with E-state index < -0.39 is 0 Å². The van der Waals surface area contributed by atoms with Gasteiger partial charge in [-0.2, -0.15) is 0 Å². The van der Waals surface area contributed by atoms with Gasteiger partial charge >= 0.3 is 0 Å². The molecular weight excluding hydrogens is 212 g/mol. The highest BCUT2D eigenvalue weighted by Gasteiger charge is 2.09. The molecule has 1 aromatic carbocycles. The average Bonchev–Trinajstić information content (AvgIpc) is 2.23. The molecule has 0 saturated carbocycles. The zero-order chi connectivity index (χ0) is 11.2. The van der Waals surface area contributed by atoms with Gasteiger partial charge in [-0.1, -0.05) is 11.6 Å². The lowest BCUT2D eigenvalue weighted by Crippen LogP contribution is -2.19. The lowest BCUT2D eigenvalue weighted by Gasteiger charge is -2.09. The number of aryl methyl sites for hydroxylation is 1. The van der Waals surface area contributed by atoms with Gasteiger partial charge < -0.3 is 10.3 Å². The summed E-state index contributed by atoms with van der Waals surface area (Å²) in [4.78, 5) is 11.7. The number of fused-ring (bicyclic) bond motifs is 1. The van der Waals surface area contributed by atoms with Crippen LogP contribution >= 0.6 is 11.6 Å². The molecule has 4 heteroatoms. The first-order chi connectivity index (χ1) is 7.02. The van der Waals surface area contributed by atoms with Crippen LogP contribution in [0.15, 0.2) is 23.0 Å². The van der Waals surface area contributed by atoms with Crippen LogP contribution in [0.2, 0.25) is 5.02 Å². The van der Waals surface area contributed by atoms with Gasteiger partial charge in [0.05, 0.1) is 10.5 Å². The second-order valence-electron chi connectivity index (χ2n) is 3.58. The summed E-state index contributed by atoms with van der Waals surface area (Å²) in [7, 11) is 1.73. The summed E-state index contributed by atoms with van der Waals surface area (Å²) in [5, 5.41) is 1.30. The first-order valence-corrected chi connectivity index (χ1v) is 4.94. The Morgan fingerprint density at radius 1 is 1.40 bits per heavy atom. The van der Waals surface area contributed by atoms with E-state index in [4.69, 9.17) is 17.3 Å². The molecule has 1 heterocycles. The number of pyridine rings is 1. The molecule has 2 aromatic rings. The summed E-state index contributed by atoms with van der Waals surface area (Å²) in [6.07, 6.45) is 0. The van der Waals surface area contributed by atoms with Gasteiger partial charge in [-0.05, 0) is 25.1 Å². The van der Waals surface area contributed by atoms with Gasteiger partial charge in [-0.25, -0.2) is 0 Å². The Morgan fingerprint density at radius 2 is 2.07 bits per heavy atom. The van der Waals surface area contributed by atoms with E-state index in [0.29, 0.717) is 16.3 Å². The van der Waals surface area contributed by atoms with Crippen LogP contribution in [-0.4, -0.2) is 4.57 Å². The van der Waals surface area contributed by atoms with Gasteiger partial charge in [0.2, 0.25) is 0 Å². The molecule has 1 aromatic heterocycles. The second-order valence-corrected chi connectivity index (χ2v) is 3.96. The summed E-state index contributed by atoms with van der Waals surface area (Å²) < 4.78 is 1.58. The van der Waals surface area contributed by atoms with Crippen molar-refractivity contribution in [3.63, 3.8) is 0 Å². The largest absolute Gasteiger partial charge is 0.399 e. The van der Waals surface area contributed by atoms with Crippen molar-refractivity contribution in [2.75, 3.05) is 5.73 Å². The number of hydrogen-bond acceptors (Lipinski definition) is 2. The number of rotatable bonds is 0. The van der Waals surface area contributed by atoms with Crippen LogP contribution in [0.4, 0.5) is 5.69 Å². The van der Waals surface area contributed by atoms with Crippen LogP contribution in [0.25, 0.3) is 10.9 Å². The quantitative estimate of drug-likeness (QED) is 0.694. The van der Waals surface area contributed by atoms with E-state index in [1.165, 1.54) is 0 Å². The van der Waals surface area contributed by atoms with E-state index in [1.807, 2.05) is 0 Å². The SMILES string of the molecule is Cc1c(Cl)c2cc(N)ccc2n(C)c1=O. The average molecular weight is 223 g/mol. The second kappa shape index (κ2) is 3.28. The van der Waals surface area contributed by atoms with Crippen LogP contribution < -0.4 is 11.3 Å². The molecule has 0 aliphatic carbocycles. The van der Waals surface area contributed by atoms with Crippen molar-refractivity contribution in [3.05, 3.63) is 39.1 Å². The Bertz CT molecular complexity index is 602. The van der Waals surface area contributed by atoms with E-state index >= 15 is 0 Å². The van der Waals surface area contributed by atoms with Crippen molar-refractivity contribution in [2.45, 2.75) is 6.92 Å². The molecule has 0 unspecified atom stereocenters. The van der Waals surface area contributed by atoms with Crippen molar-refractivity contribution in [3.8, 4) is 0 Å². The Hall–Kier alpha value is -1.48. The molecule has 78 valence electrons. The lowest BCUT2D eigenvalue weighted by molar-refractivity contribution is 0.893. The standard InChI is InChI=1S/C11H11ClN2O/c1-6-10(12)8-5-7(13)3-4-9(8)14(2)11(6)15/h3-5H,13H2,1-2H3. The Morgan fingerprint density at radius 3 is 2.73 bits per heavy atom. The molecule has 15 heavy (non-hydrogen) atoms. The monoisotopic (exact) mass is 222 g/mol. The molecule has 0 aliphatic heterocycles. The highest BCUT2D eigenvalue weighted by Crippen LogP contribution is 2.25. The number of aromatic nitrogens is 1. The number of nitrogen functional groups attached to an aromatic ring is 1. The number of anilines is 1. The predicted octanol–water partition coefficient (Wildman–Crippen LogP) is 2.08. The first-order valence-electron chi connectivity index (χ1n) is 4.56. The zero-order valence-electron chi connectivity index (χ0n) is 8.54. The van der Waals surface area contributed by atoms with Crippen molar-refractivity contribution in [1.29, 1.82) is 0 Å². The highest BCUT2D eigenvalue weighted by molar-refractivity contribution is 6.36. The summed E-state index contributed by atoms with van der Waals surface area (Å²) in [6, 6.07) is 5.34. The lowest BCUT2D eigenvalue weighted by atomic mass is 10.1. The Balaban J connectivity index is 3.07. The van der Waals surface area contributed by atoms with E-state index in [1.54, 1.807) is 36.7 Å². The van der Waals surface area contributed by atoms with Gasteiger partial charge in [-0.3, -0.25) is 4.79 Å². The smallest absolute Gasteiger partial charge is 0.255 e. The van der Waals surface area contributed by atoms with E-state index in [-0.39, 0.29) is 5.56 Å². The summed E-state index contributed by atoms with van der Waals surface area (Å²) in [6.45, 7) is 1.72. The molecule has 0 radical (unpaired) electrons. The third kappa shape index (κ3) is 1.39. The molecule has 0 bridgehead atoms. The summed E-state index contributed by atoms with van der Waals surface area (Å²) >= 11 is 6.11. The first kappa shape index (κ1) is 10.1. The third-order valence-corrected chi connectivity index (χ3v) is 3.06. The van der Waals surface area contributed by atoms with Crippen LogP contribution in [0.1, 0.15) is 5.56 Å². The molecule has 0 fully saturated rings. The molecule has 0 amide bonds. The molecule has 2 N–H and O–H groups in total. The number of benzene rings is 1. The number of nitrogens with zero attached hydrogens (tertiary/aromatic N) is 1. The Labute approximate surface area is 92.1 Å². The maximum absolute atomic E-state index is 11.7. The molecule has 0 spiro atoms. The van der Waals surface area contributed by atoms with Crippen molar-refractivity contribution >= 4 is 28.2 Å². The van der Waals surface area contributed by atoms with Crippen molar-refractivity contribution < 1.29 is 0 Å². The summed E-state index contributed by atoms with van der Waals surface area (Å²) in [5.41, 5.74) is 7.60. The molecule has 3 nitrogen and oxygen atoms in total. The van der Waals surface area contributed by atoms with Gasteiger partial charge in [0, 0.05) is 23.7 Å². The Kier molecular flexibility index (Phi) is 2.20. The molecular formula is C11H11ClN2O. The van der Waals surface area contributed by atoms with Crippen LogP contribution in [-0.2, 0) is 7.05 Å². The molecule has 0 saturated heterocycles. The van der Waals surface area contributed by atoms with Crippen LogP contribution in [0.3, 0.4) is 0 Å². The van der Waals surface area contributed by atoms with E-state index in [0.717, 1.165) is 10.9 Å². The minimum atomic E-state index is -0.0720. The normalized spacial score (nSPS) is 10.9. The van der Waals surface area contributed by atoms with E-state index in [2.05, 4.69) is 0 Å². The molecule has 0 aliphatic rings. The maximum Gasteiger partial charge on any atom is 0.255 e. The van der Waals surface area contributed by atoms with Gasteiger partial charge in [0.25, 0.3) is 5.56 Å². The van der Waals surface area contributed by atoms with Crippen LogP contribution in [0.5, 0.6) is 0 Å². The fraction of sp³-hybridized carbons (Fsp3) is 0.182. The maximum atomic E-state index is 11.7. The van der Waals surface area contributed by atoms with E-state index in [9.17, 15) is 4.79 Å². The van der Waals surface area contributed by atoms with Gasteiger partial charge in [0.15, 0.2) is 0 Å².